The van der Waals surface area contributed by atoms with Crippen molar-refractivity contribution in [1.29, 1.82) is 0 Å². The monoisotopic (exact) mass is 325 g/mol. The highest BCUT2D eigenvalue weighted by Gasteiger charge is 2.25. The molecular formula is C15H24BrN3. The number of benzene rings is 1. The summed E-state index contributed by atoms with van der Waals surface area (Å²) in [7, 11) is 4.26. The van der Waals surface area contributed by atoms with Gasteiger partial charge in [-0.25, -0.2) is 0 Å². The molecule has 0 aliphatic carbocycles. The van der Waals surface area contributed by atoms with Gasteiger partial charge in [-0.3, -0.25) is 0 Å². The Bertz CT molecular complexity index is 431. The van der Waals surface area contributed by atoms with Crippen LogP contribution in [0, 0.1) is 6.92 Å². The summed E-state index contributed by atoms with van der Waals surface area (Å²) >= 11 is 3.70. The maximum absolute atomic E-state index is 3.70. The predicted octanol–water partition coefficient (Wildman–Crippen LogP) is 2.49. The summed E-state index contributed by atoms with van der Waals surface area (Å²) in [5.74, 6) is 0. The van der Waals surface area contributed by atoms with E-state index in [2.05, 4.69) is 77.2 Å². The summed E-state index contributed by atoms with van der Waals surface area (Å²) in [5, 5.41) is 3.68. The molecule has 0 radical (unpaired) electrons. The van der Waals surface area contributed by atoms with E-state index in [1.807, 2.05) is 0 Å². The largest absolute Gasteiger partial charge is 0.367 e. The van der Waals surface area contributed by atoms with Crippen molar-refractivity contribution in [2.75, 3.05) is 38.6 Å². The molecule has 2 unspecified atom stereocenters. The summed E-state index contributed by atoms with van der Waals surface area (Å²) in [5.41, 5.74) is 2.60. The zero-order valence-electron chi connectivity index (χ0n) is 12.3. The second-order valence-electron chi connectivity index (χ2n) is 5.89. The molecule has 1 heterocycles. The van der Waals surface area contributed by atoms with Gasteiger partial charge in [-0.2, -0.15) is 0 Å². The van der Waals surface area contributed by atoms with Crippen molar-refractivity contribution in [1.82, 2.24) is 10.2 Å². The molecule has 1 aliphatic heterocycles. The first kappa shape index (κ1) is 14.8. The van der Waals surface area contributed by atoms with E-state index in [0.717, 1.165) is 19.6 Å². The molecule has 3 nitrogen and oxygen atoms in total. The van der Waals surface area contributed by atoms with Crippen LogP contribution in [-0.4, -0.2) is 50.7 Å². The number of nitrogens with zero attached hydrogens (tertiary/aromatic N) is 2. The van der Waals surface area contributed by atoms with Gasteiger partial charge in [0.25, 0.3) is 0 Å². The maximum Gasteiger partial charge on any atom is 0.0511 e. The molecule has 4 heteroatoms. The Morgan fingerprint density at radius 3 is 2.74 bits per heavy atom. The molecule has 1 fully saturated rings. The third kappa shape index (κ3) is 3.94. The van der Waals surface area contributed by atoms with Crippen molar-refractivity contribution in [3.8, 4) is 0 Å². The normalized spacial score (nSPS) is 24.0. The third-order valence-electron chi connectivity index (χ3n) is 3.48. The van der Waals surface area contributed by atoms with E-state index < -0.39 is 0 Å². The van der Waals surface area contributed by atoms with Crippen LogP contribution < -0.4 is 10.2 Å². The molecule has 1 aliphatic rings. The Morgan fingerprint density at radius 1 is 1.37 bits per heavy atom. The molecular weight excluding hydrogens is 302 g/mol. The summed E-state index contributed by atoms with van der Waals surface area (Å²) in [6.45, 7) is 7.58. The lowest BCUT2D eigenvalue weighted by molar-refractivity contribution is 0.297. The van der Waals surface area contributed by atoms with Gasteiger partial charge in [-0.15, -0.1) is 0 Å². The van der Waals surface area contributed by atoms with Crippen molar-refractivity contribution >= 4 is 21.6 Å². The highest BCUT2D eigenvalue weighted by molar-refractivity contribution is 9.10. The molecule has 2 atom stereocenters. The molecule has 0 aromatic heterocycles. The number of aryl methyl sites for hydroxylation is 1. The standard InChI is InChI=1S/C15H24BrN3/c1-11-5-6-15(14(16)7-11)19-8-12(2)17-13(10-19)9-18(3)4/h5-7,12-13,17H,8-10H2,1-4H3. The lowest BCUT2D eigenvalue weighted by atomic mass is 10.1. The zero-order valence-corrected chi connectivity index (χ0v) is 13.9. The minimum atomic E-state index is 0.520. The van der Waals surface area contributed by atoms with Gasteiger partial charge in [-0.1, -0.05) is 6.07 Å². The highest BCUT2D eigenvalue weighted by Crippen LogP contribution is 2.28. The Morgan fingerprint density at radius 2 is 2.11 bits per heavy atom. The minimum absolute atomic E-state index is 0.520. The number of rotatable bonds is 3. The van der Waals surface area contributed by atoms with Gasteiger partial charge < -0.3 is 15.1 Å². The second kappa shape index (κ2) is 6.25. The number of hydrogen-bond acceptors (Lipinski definition) is 3. The fourth-order valence-corrected chi connectivity index (χ4v) is 3.54. The van der Waals surface area contributed by atoms with Crippen LogP contribution in [0.3, 0.4) is 0 Å². The summed E-state index contributed by atoms with van der Waals surface area (Å²) < 4.78 is 1.20. The van der Waals surface area contributed by atoms with Gasteiger partial charge in [0.15, 0.2) is 0 Å². The van der Waals surface area contributed by atoms with E-state index >= 15 is 0 Å². The molecule has 0 bridgehead atoms. The molecule has 106 valence electrons. The minimum Gasteiger partial charge on any atom is -0.367 e. The summed E-state index contributed by atoms with van der Waals surface area (Å²) in [6.07, 6.45) is 0. The van der Waals surface area contributed by atoms with Crippen LogP contribution in [0.15, 0.2) is 22.7 Å². The number of anilines is 1. The molecule has 1 aromatic carbocycles. The molecule has 1 saturated heterocycles. The SMILES string of the molecule is Cc1ccc(N2CC(C)NC(CN(C)C)C2)c(Br)c1. The third-order valence-corrected chi connectivity index (χ3v) is 4.12. The van der Waals surface area contributed by atoms with Gasteiger partial charge >= 0.3 is 0 Å². The number of halogens is 1. The van der Waals surface area contributed by atoms with Gasteiger partial charge in [0.2, 0.25) is 0 Å². The van der Waals surface area contributed by atoms with Crippen LogP contribution in [-0.2, 0) is 0 Å². The van der Waals surface area contributed by atoms with E-state index in [1.54, 1.807) is 0 Å². The fraction of sp³-hybridized carbons (Fsp3) is 0.600. The van der Waals surface area contributed by atoms with E-state index in [1.165, 1.54) is 15.7 Å². The van der Waals surface area contributed by atoms with Crippen LogP contribution in [0.5, 0.6) is 0 Å². The number of piperazine rings is 1. The topological polar surface area (TPSA) is 18.5 Å². The molecule has 0 amide bonds. The molecule has 2 rings (SSSR count). The smallest absolute Gasteiger partial charge is 0.0511 e. The van der Waals surface area contributed by atoms with Gasteiger partial charge in [-0.05, 0) is 61.6 Å². The number of likely N-dealkylation sites (N-methyl/N-ethyl adjacent to an activating group) is 1. The zero-order chi connectivity index (χ0) is 14.0. The van der Waals surface area contributed by atoms with Gasteiger partial charge in [0.05, 0.1) is 5.69 Å². The Hall–Kier alpha value is -0.580. The van der Waals surface area contributed by atoms with E-state index in [-0.39, 0.29) is 0 Å². The Balaban J connectivity index is 2.14. The molecule has 1 aromatic rings. The van der Waals surface area contributed by atoms with Crippen molar-refractivity contribution in [2.24, 2.45) is 0 Å². The average molecular weight is 326 g/mol. The van der Waals surface area contributed by atoms with Crippen LogP contribution in [0.1, 0.15) is 12.5 Å². The molecule has 0 spiro atoms. The first-order chi connectivity index (χ1) is 8.95. The van der Waals surface area contributed by atoms with E-state index in [9.17, 15) is 0 Å². The van der Waals surface area contributed by atoms with Crippen molar-refractivity contribution < 1.29 is 0 Å². The van der Waals surface area contributed by atoms with Crippen LogP contribution in [0.2, 0.25) is 0 Å². The van der Waals surface area contributed by atoms with Crippen molar-refractivity contribution in [3.63, 3.8) is 0 Å². The van der Waals surface area contributed by atoms with E-state index in [4.69, 9.17) is 0 Å². The van der Waals surface area contributed by atoms with Crippen molar-refractivity contribution in [2.45, 2.75) is 25.9 Å². The first-order valence-electron chi connectivity index (χ1n) is 6.87. The summed E-state index contributed by atoms with van der Waals surface area (Å²) in [6, 6.07) is 7.65. The lowest BCUT2D eigenvalue weighted by Crippen LogP contribution is -2.58. The molecule has 19 heavy (non-hydrogen) atoms. The highest BCUT2D eigenvalue weighted by atomic mass is 79.9. The van der Waals surface area contributed by atoms with Gasteiger partial charge in [0, 0.05) is 36.2 Å². The van der Waals surface area contributed by atoms with Crippen LogP contribution in [0.25, 0.3) is 0 Å². The summed E-state index contributed by atoms with van der Waals surface area (Å²) in [4.78, 5) is 4.73. The first-order valence-corrected chi connectivity index (χ1v) is 7.67. The second-order valence-corrected chi connectivity index (χ2v) is 6.74. The fourth-order valence-electron chi connectivity index (χ4n) is 2.80. The Labute approximate surface area is 125 Å². The van der Waals surface area contributed by atoms with Crippen molar-refractivity contribution in [3.05, 3.63) is 28.2 Å². The lowest BCUT2D eigenvalue weighted by Gasteiger charge is -2.40. The van der Waals surface area contributed by atoms with E-state index in [0.29, 0.717) is 12.1 Å². The quantitative estimate of drug-likeness (QED) is 0.921. The number of hydrogen-bond donors (Lipinski definition) is 1. The average Bonchev–Trinajstić information content (AvgIpc) is 2.26. The van der Waals surface area contributed by atoms with Crippen LogP contribution in [0.4, 0.5) is 5.69 Å². The van der Waals surface area contributed by atoms with Gasteiger partial charge in [0.1, 0.15) is 0 Å². The Kier molecular flexibility index (Phi) is 4.87. The molecule has 0 saturated carbocycles. The van der Waals surface area contributed by atoms with Crippen LogP contribution >= 0.6 is 15.9 Å². The number of nitrogens with one attached hydrogen (secondary N) is 1. The predicted molar refractivity (Wildman–Crippen MR) is 86.0 cm³/mol. The molecule has 1 N–H and O–H groups in total. The maximum atomic E-state index is 3.70.